The molecular weight excluding hydrogens is 186 g/mol. The van der Waals surface area contributed by atoms with Gasteiger partial charge in [-0.15, -0.1) is 0 Å². The number of hydrogen-bond donors (Lipinski definition) is 0. The SMILES string of the molecule is Clc1ccc([C@H]2C[N]CCO2)cc1. The molecule has 1 radical (unpaired) electrons. The van der Waals surface area contributed by atoms with Crippen LogP contribution in [0.4, 0.5) is 0 Å². The molecule has 0 aliphatic carbocycles. The van der Waals surface area contributed by atoms with Crippen LogP contribution in [0.3, 0.4) is 0 Å². The van der Waals surface area contributed by atoms with Gasteiger partial charge in [-0.25, -0.2) is 5.32 Å². The van der Waals surface area contributed by atoms with Crippen molar-refractivity contribution >= 4 is 11.6 Å². The summed E-state index contributed by atoms with van der Waals surface area (Å²) in [6.07, 6.45) is 0.131. The molecule has 3 heteroatoms. The third-order valence-electron chi connectivity index (χ3n) is 2.11. The van der Waals surface area contributed by atoms with Crippen molar-refractivity contribution in [2.75, 3.05) is 19.7 Å². The van der Waals surface area contributed by atoms with Crippen LogP contribution < -0.4 is 5.32 Å². The molecule has 1 fully saturated rings. The van der Waals surface area contributed by atoms with Crippen molar-refractivity contribution in [1.82, 2.24) is 5.32 Å². The summed E-state index contributed by atoms with van der Waals surface area (Å²) in [5.74, 6) is 0. The molecule has 1 aromatic rings. The van der Waals surface area contributed by atoms with Gasteiger partial charge in [-0.1, -0.05) is 23.7 Å². The Bertz CT molecular complexity index is 267. The first-order valence-electron chi connectivity index (χ1n) is 4.36. The Morgan fingerprint density at radius 2 is 2.08 bits per heavy atom. The lowest BCUT2D eigenvalue weighted by Crippen LogP contribution is -2.28. The molecule has 1 atom stereocenters. The standard InChI is InChI=1S/C10H11ClNO/c11-9-3-1-8(2-4-9)10-7-12-5-6-13-10/h1-4,10H,5-7H2/t10-/m1/s1. The molecule has 2 rings (SSSR count). The molecule has 0 aromatic heterocycles. The van der Waals surface area contributed by atoms with Crippen molar-refractivity contribution in [3.63, 3.8) is 0 Å². The van der Waals surface area contributed by atoms with E-state index in [-0.39, 0.29) is 6.10 Å². The fourth-order valence-corrected chi connectivity index (χ4v) is 1.53. The molecule has 2 nitrogen and oxygen atoms in total. The van der Waals surface area contributed by atoms with Crippen LogP contribution in [0.1, 0.15) is 11.7 Å². The summed E-state index contributed by atoms with van der Waals surface area (Å²) in [7, 11) is 0. The summed E-state index contributed by atoms with van der Waals surface area (Å²) in [4.78, 5) is 0. The van der Waals surface area contributed by atoms with E-state index in [0.29, 0.717) is 0 Å². The van der Waals surface area contributed by atoms with Gasteiger partial charge < -0.3 is 4.74 Å². The Labute approximate surface area is 82.9 Å². The molecule has 1 heterocycles. The number of halogens is 1. The molecule has 1 saturated heterocycles. The maximum absolute atomic E-state index is 5.79. The second-order valence-electron chi connectivity index (χ2n) is 3.04. The fourth-order valence-electron chi connectivity index (χ4n) is 1.40. The maximum atomic E-state index is 5.79. The zero-order chi connectivity index (χ0) is 9.10. The molecule has 1 aromatic carbocycles. The minimum Gasteiger partial charge on any atom is -0.371 e. The van der Waals surface area contributed by atoms with E-state index in [9.17, 15) is 0 Å². The Balaban J connectivity index is 2.10. The van der Waals surface area contributed by atoms with E-state index >= 15 is 0 Å². The first kappa shape index (κ1) is 9.00. The van der Waals surface area contributed by atoms with E-state index in [0.717, 1.165) is 30.3 Å². The smallest absolute Gasteiger partial charge is 0.0966 e. The molecule has 13 heavy (non-hydrogen) atoms. The highest BCUT2D eigenvalue weighted by Crippen LogP contribution is 2.20. The van der Waals surface area contributed by atoms with Crippen molar-refractivity contribution in [1.29, 1.82) is 0 Å². The summed E-state index contributed by atoms with van der Waals surface area (Å²) in [6, 6.07) is 7.76. The lowest BCUT2D eigenvalue weighted by Gasteiger charge is -2.22. The van der Waals surface area contributed by atoms with Crippen LogP contribution in [-0.2, 0) is 4.74 Å². The van der Waals surface area contributed by atoms with E-state index < -0.39 is 0 Å². The number of benzene rings is 1. The predicted octanol–water partition coefficient (Wildman–Crippen LogP) is 2.02. The predicted molar refractivity (Wildman–Crippen MR) is 52.0 cm³/mol. The van der Waals surface area contributed by atoms with E-state index in [2.05, 4.69) is 5.32 Å². The van der Waals surface area contributed by atoms with Gasteiger partial charge in [-0.05, 0) is 17.7 Å². The van der Waals surface area contributed by atoms with Crippen LogP contribution in [0.15, 0.2) is 24.3 Å². The first-order chi connectivity index (χ1) is 6.36. The Morgan fingerprint density at radius 1 is 1.31 bits per heavy atom. The van der Waals surface area contributed by atoms with Gasteiger partial charge >= 0.3 is 0 Å². The lowest BCUT2D eigenvalue weighted by molar-refractivity contribution is 0.0261. The van der Waals surface area contributed by atoms with Crippen LogP contribution in [0.5, 0.6) is 0 Å². The largest absolute Gasteiger partial charge is 0.371 e. The summed E-state index contributed by atoms with van der Waals surface area (Å²) in [5.41, 5.74) is 1.16. The van der Waals surface area contributed by atoms with Crippen molar-refractivity contribution in [2.24, 2.45) is 0 Å². The summed E-state index contributed by atoms with van der Waals surface area (Å²) >= 11 is 5.79. The van der Waals surface area contributed by atoms with Gasteiger partial charge in [0.05, 0.1) is 12.7 Å². The third kappa shape index (κ3) is 2.21. The van der Waals surface area contributed by atoms with Crippen LogP contribution in [-0.4, -0.2) is 19.7 Å². The molecule has 0 bridgehead atoms. The molecule has 0 spiro atoms. The average molecular weight is 197 g/mol. The molecule has 69 valence electrons. The van der Waals surface area contributed by atoms with Crippen molar-refractivity contribution < 1.29 is 4.74 Å². The molecule has 0 amide bonds. The van der Waals surface area contributed by atoms with Crippen LogP contribution in [0, 0.1) is 0 Å². The molecule has 0 N–H and O–H groups in total. The Kier molecular flexibility index (Phi) is 2.83. The van der Waals surface area contributed by atoms with E-state index in [1.54, 1.807) is 0 Å². The minimum absolute atomic E-state index is 0.131. The number of nitrogens with zero attached hydrogens (tertiary/aromatic N) is 1. The first-order valence-corrected chi connectivity index (χ1v) is 4.74. The van der Waals surface area contributed by atoms with Crippen LogP contribution >= 0.6 is 11.6 Å². The Morgan fingerprint density at radius 3 is 2.69 bits per heavy atom. The summed E-state index contributed by atoms with van der Waals surface area (Å²) in [6.45, 7) is 2.32. The second-order valence-corrected chi connectivity index (χ2v) is 3.48. The molecule has 0 unspecified atom stereocenters. The van der Waals surface area contributed by atoms with Gasteiger partial charge in [0, 0.05) is 18.1 Å². The molecular formula is C10H11ClNO. The third-order valence-corrected chi connectivity index (χ3v) is 2.36. The highest BCUT2D eigenvalue weighted by molar-refractivity contribution is 6.30. The van der Waals surface area contributed by atoms with Gasteiger partial charge in [0.1, 0.15) is 0 Å². The highest BCUT2D eigenvalue weighted by Gasteiger charge is 2.15. The van der Waals surface area contributed by atoms with Crippen molar-refractivity contribution in [3.05, 3.63) is 34.9 Å². The zero-order valence-electron chi connectivity index (χ0n) is 7.24. The minimum atomic E-state index is 0.131. The van der Waals surface area contributed by atoms with Gasteiger partial charge in [-0.2, -0.15) is 0 Å². The van der Waals surface area contributed by atoms with Gasteiger partial charge in [-0.3, -0.25) is 0 Å². The quantitative estimate of drug-likeness (QED) is 0.674. The number of rotatable bonds is 1. The highest BCUT2D eigenvalue weighted by atomic mass is 35.5. The molecule has 1 aliphatic heterocycles. The van der Waals surface area contributed by atoms with Gasteiger partial charge in [0.25, 0.3) is 0 Å². The fraction of sp³-hybridized carbons (Fsp3) is 0.400. The topological polar surface area (TPSA) is 23.3 Å². The van der Waals surface area contributed by atoms with E-state index in [1.807, 2.05) is 24.3 Å². The molecule has 1 aliphatic rings. The van der Waals surface area contributed by atoms with Gasteiger partial charge in [0.2, 0.25) is 0 Å². The monoisotopic (exact) mass is 196 g/mol. The maximum Gasteiger partial charge on any atom is 0.0966 e. The normalized spacial score (nSPS) is 23.0. The van der Waals surface area contributed by atoms with Crippen LogP contribution in [0.25, 0.3) is 0 Å². The van der Waals surface area contributed by atoms with Gasteiger partial charge in [0.15, 0.2) is 0 Å². The second kappa shape index (κ2) is 4.09. The lowest BCUT2D eigenvalue weighted by atomic mass is 10.1. The molecule has 0 saturated carbocycles. The number of hydrogen-bond acceptors (Lipinski definition) is 1. The average Bonchev–Trinajstić information content (AvgIpc) is 2.20. The van der Waals surface area contributed by atoms with Crippen molar-refractivity contribution in [2.45, 2.75) is 6.10 Å². The number of morpholine rings is 1. The van der Waals surface area contributed by atoms with E-state index in [4.69, 9.17) is 16.3 Å². The zero-order valence-corrected chi connectivity index (χ0v) is 8.00. The van der Waals surface area contributed by atoms with Crippen molar-refractivity contribution in [3.8, 4) is 0 Å². The summed E-state index contributed by atoms with van der Waals surface area (Å²) in [5, 5.41) is 5.06. The van der Waals surface area contributed by atoms with Crippen LogP contribution in [0.2, 0.25) is 5.02 Å². The summed E-state index contributed by atoms with van der Waals surface area (Å²) < 4.78 is 5.57. The Hall–Kier alpha value is -0.570. The van der Waals surface area contributed by atoms with E-state index in [1.165, 1.54) is 0 Å². The number of ether oxygens (including phenoxy) is 1.